The van der Waals surface area contributed by atoms with Gasteiger partial charge in [0.05, 0.1) is 14.2 Å². The lowest BCUT2D eigenvalue weighted by atomic mass is 9.54. The van der Waals surface area contributed by atoms with Crippen molar-refractivity contribution in [2.75, 3.05) is 28.4 Å². The van der Waals surface area contributed by atoms with Crippen molar-refractivity contribution in [2.45, 2.75) is 35.4 Å². The van der Waals surface area contributed by atoms with Crippen molar-refractivity contribution < 1.29 is 28.5 Å². The molecule has 0 unspecified atom stereocenters. The van der Waals surface area contributed by atoms with Crippen LogP contribution in [0.15, 0.2) is 48.5 Å². The van der Waals surface area contributed by atoms with Gasteiger partial charge in [0.15, 0.2) is 0 Å². The van der Waals surface area contributed by atoms with E-state index < -0.39 is 47.6 Å². The number of nitriles is 2. The predicted octanol–water partition coefficient (Wildman–Crippen LogP) is 3.11. The lowest BCUT2D eigenvalue weighted by Gasteiger charge is -2.65. The number of fused-ring (bicyclic) bond motifs is 2. The highest BCUT2D eigenvalue weighted by atomic mass is 16.6. The molecule has 36 heavy (non-hydrogen) atoms. The first-order valence-corrected chi connectivity index (χ1v) is 11.3. The monoisotopic (exact) mass is 488 g/mol. The third kappa shape index (κ3) is 2.45. The molecule has 10 nitrogen and oxygen atoms in total. The molecule has 2 amide bonds. The van der Waals surface area contributed by atoms with Gasteiger partial charge in [-0.1, -0.05) is 48.5 Å². The molecule has 1 aliphatic carbocycles. The Kier molecular flexibility index (Phi) is 5.40. The number of ether oxygens (including phenoxy) is 4. The van der Waals surface area contributed by atoms with E-state index in [1.54, 1.807) is 24.3 Å². The van der Waals surface area contributed by atoms with Crippen LogP contribution in [0.1, 0.15) is 34.1 Å². The van der Waals surface area contributed by atoms with Crippen molar-refractivity contribution >= 4 is 12.2 Å². The Morgan fingerprint density at radius 1 is 0.722 bits per heavy atom. The lowest BCUT2D eigenvalue weighted by Crippen LogP contribution is -2.78. The van der Waals surface area contributed by atoms with Gasteiger partial charge in [-0.25, -0.2) is 9.59 Å². The maximum absolute atomic E-state index is 13.5. The molecule has 2 aromatic carbocycles. The molecule has 2 heterocycles. The van der Waals surface area contributed by atoms with Gasteiger partial charge in [-0.15, -0.1) is 0 Å². The summed E-state index contributed by atoms with van der Waals surface area (Å²) < 4.78 is 22.2. The second-order valence-corrected chi connectivity index (χ2v) is 8.80. The van der Waals surface area contributed by atoms with Gasteiger partial charge in [-0.3, -0.25) is 9.80 Å². The van der Waals surface area contributed by atoms with E-state index in [1.807, 2.05) is 24.3 Å². The third-order valence-electron chi connectivity index (χ3n) is 7.73. The summed E-state index contributed by atoms with van der Waals surface area (Å²) in [7, 11) is 5.26. The Bertz CT molecular complexity index is 1230. The Morgan fingerprint density at radius 2 is 1.08 bits per heavy atom. The number of benzene rings is 2. The summed E-state index contributed by atoms with van der Waals surface area (Å²) in [6, 6.07) is 18.8. The van der Waals surface area contributed by atoms with E-state index in [-0.39, 0.29) is 0 Å². The van der Waals surface area contributed by atoms with Crippen LogP contribution in [-0.4, -0.2) is 62.9 Å². The minimum absolute atomic E-state index is 0.403. The van der Waals surface area contributed by atoms with Gasteiger partial charge in [0.25, 0.3) is 0 Å². The molecule has 5 rings (SSSR count). The molecule has 0 N–H and O–H groups in total. The highest BCUT2D eigenvalue weighted by Gasteiger charge is 2.76. The van der Waals surface area contributed by atoms with Gasteiger partial charge >= 0.3 is 12.2 Å². The topological polar surface area (TPSA) is 125 Å². The van der Waals surface area contributed by atoms with E-state index in [0.717, 1.165) is 20.9 Å². The van der Waals surface area contributed by atoms with Gasteiger partial charge in [-0.2, -0.15) is 10.5 Å². The van der Waals surface area contributed by atoms with E-state index >= 15 is 0 Å². The van der Waals surface area contributed by atoms with Crippen molar-refractivity contribution in [3.8, 4) is 12.1 Å². The van der Waals surface area contributed by atoms with Gasteiger partial charge in [0.1, 0.15) is 24.6 Å². The predicted molar refractivity (Wildman–Crippen MR) is 123 cm³/mol. The number of carbonyl (C=O) groups excluding carboxylic acids is 2. The van der Waals surface area contributed by atoms with Gasteiger partial charge in [-0.05, 0) is 22.3 Å². The number of nitrogens with zero attached hydrogens (tertiary/aromatic N) is 4. The van der Waals surface area contributed by atoms with Gasteiger partial charge in [0.2, 0.25) is 11.1 Å². The Hall–Kier alpha value is -4.12. The minimum Gasteiger partial charge on any atom is -0.453 e. The Labute approximate surface area is 208 Å². The SMILES string of the molecule is COC(=O)N1[C@@H](OC)[C@H]2c3ccccc3[C@]1(C#N)[C@]1(C#N)c3ccccc3[C@H]2[C@@H](OC)N1C(=O)OC. The van der Waals surface area contributed by atoms with Crippen molar-refractivity contribution in [1.82, 2.24) is 9.80 Å². The fourth-order valence-corrected chi connectivity index (χ4v) is 6.56. The van der Waals surface area contributed by atoms with Crippen LogP contribution in [0.4, 0.5) is 9.59 Å². The fraction of sp³-hybridized carbons (Fsp3) is 0.385. The molecule has 4 bridgehead atoms. The van der Waals surface area contributed by atoms with E-state index in [1.165, 1.54) is 28.4 Å². The molecule has 0 aromatic heterocycles. The molecular weight excluding hydrogens is 464 g/mol. The number of amides is 2. The largest absolute Gasteiger partial charge is 0.453 e. The maximum atomic E-state index is 13.5. The molecule has 3 aliphatic rings. The molecule has 0 radical (unpaired) electrons. The zero-order valence-corrected chi connectivity index (χ0v) is 20.2. The normalized spacial score (nSPS) is 31.3. The van der Waals surface area contributed by atoms with Gasteiger partial charge < -0.3 is 18.9 Å². The summed E-state index contributed by atoms with van der Waals surface area (Å²) in [6.07, 6.45) is -3.78. The smallest absolute Gasteiger partial charge is 0.413 e. The van der Waals surface area contributed by atoms with Crippen LogP contribution >= 0.6 is 0 Å². The summed E-state index contributed by atoms with van der Waals surface area (Å²) in [5.41, 5.74) is -1.96. The molecule has 2 aliphatic heterocycles. The molecule has 0 saturated carbocycles. The minimum atomic E-state index is -2.10. The number of rotatable bonds is 2. The summed E-state index contributed by atoms with van der Waals surface area (Å²) >= 11 is 0. The average molecular weight is 489 g/mol. The quantitative estimate of drug-likeness (QED) is 0.631. The molecule has 0 fully saturated rings. The van der Waals surface area contributed by atoms with E-state index in [0.29, 0.717) is 11.1 Å². The number of carbonyl (C=O) groups is 2. The van der Waals surface area contributed by atoms with Crippen LogP contribution in [0.2, 0.25) is 0 Å². The van der Waals surface area contributed by atoms with Gasteiger partial charge in [0, 0.05) is 26.1 Å². The van der Waals surface area contributed by atoms with E-state index in [4.69, 9.17) is 18.9 Å². The number of hydrogen-bond donors (Lipinski definition) is 0. The van der Waals surface area contributed by atoms with Crippen LogP contribution in [0, 0.1) is 22.7 Å². The van der Waals surface area contributed by atoms with Crippen LogP contribution in [0.5, 0.6) is 0 Å². The van der Waals surface area contributed by atoms with Crippen molar-refractivity contribution in [3.05, 3.63) is 70.8 Å². The first-order chi connectivity index (χ1) is 17.4. The van der Waals surface area contributed by atoms with Crippen LogP contribution in [0.3, 0.4) is 0 Å². The highest BCUT2D eigenvalue weighted by Crippen LogP contribution is 2.65. The van der Waals surface area contributed by atoms with Crippen LogP contribution < -0.4 is 0 Å². The first kappa shape index (κ1) is 23.6. The maximum Gasteiger partial charge on any atom is 0.413 e. The summed E-state index contributed by atoms with van der Waals surface area (Å²) in [5.74, 6) is -1.19. The average Bonchev–Trinajstić information content (AvgIpc) is 2.92. The van der Waals surface area contributed by atoms with Crippen LogP contribution in [0.25, 0.3) is 0 Å². The summed E-state index contributed by atoms with van der Waals surface area (Å²) in [5, 5.41) is 22.2. The zero-order valence-electron chi connectivity index (χ0n) is 20.2. The Balaban J connectivity index is 2.09. The number of methoxy groups -OCH3 is 4. The summed E-state index contributed by atoms with van der Waals surface area (Å²) in [4.78, 5) is 29.3. The van der Waals surface area contributed by atoms with E-state index in [9.17, 15) is 20.1 Å². The Morgan fingerprint density at radius 3 is 1.39 bits per heavy atom. The van der Waals surface area contributed by atoms with Crippen molar-refractivity contribution in [1.29, 1.82) is 10.5 Å². The van der Waals surface area contributed by atoms with E-state index in [2.05, 4.69) is 12.1 Å². The number of hydrogen-bond acceptors (Lipinski definition) is 8. The van der Waals surface area contributed by atoms with Crippen molar-refractivity contribution in [3.63, 3.8) is 0 Å². The molecule has 0 spiro atoms. The van der Waals surface area contributed by atoms with Crippen LogP contribution in [-0.2, 0) is 30.0 Å². The van der Waals surface area contributed by atoms with Crippen molar-refractivity contribution in [2.24, 2.45) is 0 Å². The molecule has 2 aromatic rings. The molecular formula is C26H24N4O6. The highest BCUT2D eigenvalue weighted by molar-refractivity contribution is 5.79. The molecule has 6 atom stereocenters. The third-order valence-corrected chi connectivity index (χ3v) is 7.73. The molecule has 10 heteroatoms. The second kappa shape index (κ2) is 8.23. The zero-order chi connectivity index (χ0) is 25.8. The molecule has 184 valence electrons. The fourth-order valence-electron chi connectivity index (χ4n) is 6.56. The lowest BCUT2D eigenvalue weighted by molar-refractivity contribution is -0.196. The summed E-state index contributed by atoms with van der Waals surface area (Å²) in [6.45, 7) is 0. The standard InChI is InChI=1S/C26H24N4O6/c1-33-21-19-15-9-5-7-11-17(15)25(13-27,29(21)23(31)35-3)26(14-28)18-12-8-6-10-16(18)20(19)22(34-2)30(26)24(32)36-4/h5-12,19-22H,1-4H3/t19-,20+,21-,22+,25+,26-. The molecule has 0 saturated heterocycles. The second-order valence-electron chi connectivity index (χ2n) is 8.80. The first-order valence-electron chi connectivity index (χ1n) is 11.3.